The molecule has 3 amide bonds. The average Bonchev–Trinajstić information content (AvgIpc) is 2.96. The van der Waals surface area contributed by atoms with Gasteiger partial charge >= 0.3 is 5.97 Å². The summed E-state index contributed by atoms with van der Waals surface area (Å²) in [5, 5.41) is 10.6. The van der Waals surface area contributed by atoms with Crippen LogP contribution in [0.25, 0.3) is 6.08 Å². The van der Waals surface area contributed by atoms with E-state index in [1.807, 2.05) is 0 Å². The van der Waals surface area contributed by atoms with Crippen molar-refractivity contribution in [1.82, 2.24) is 4.90 Å². The normalized spacial score (nSPS) is 14.8. The molecule has 0 aliphatic carbocycles. The van der Waals surface area contributed by atoms with Crippen molar-refractivity contribution < 1.29 is 33.4 Å². The number of carbonyl (C=O) groups is 4. The Morgan fingerprint density at radius 2 is 1.90 bits per heavy atom. The minimum absolute atomic E-state index is 0.0925. The Hall–Kier alpha value is -3.37. The number of hydrogen-bond acceptors (Lipinski definition) is 6. The largest absolute Gasteiger partial charge is 0.480 e. The Bertz CT molecular complexity index is 1090. The molecule has 31 heavy (non-hydrogen) atoms. The van der Waals surface area contributed by atoms with Gasteiger partial charge in [-0.15, -0.1) is 0 Å². The number of carbonyl (C=O) groups excluding carboxylic acids is 3. The topological polar surface area (TPSA) is 113 Å². The number of benzene rings is 2. The average molecular weight is 465 g/mol. The Morgan fingerprint density at radius 1 is 1.19 bits per heavy atom. The molecule has 11 heteroatoms. The molecule has 0 atom stereocenters. The van der Waals surface area contributed by atoms with Gasteiger partial charge in [-0.2, -0.15) is 0 Å². The number of halogens is 2. The number of amides is 3. The zero-order valence-electron chi connectivity index (χ0n) is 15.6. The number of ether oxygens (including phenoxy) is 1. The number of carboxylic acids is 1. The van der Waals surface area contributed by atoms with Crippen LogP contribution in [-0.4, -0.2) is 46.2 Å². The summed E-state index contributed by atoms with van der Waals surface area (Å²) >= 11 is 6.72. The zero-order chi connectivity index (χ0) is 22.5. The van der Waals surface area contributed by atoms with E-state index >= 15 is 0 Å². The van der Waals surface area contributed by atoms with Crippen LogP contribution >= 0.6 is 23.4 Å². The van der Waals surface area contributed by atoms with Gasteiger partial charge in [-0.25, -0.2) is 9.18 Å². The summed E-state index contributed by atoms with van der Waals surface area (Å²) in [5.74, 6) is -2.72. The molecular formula is C20H14ClFN2O6S. The molecule has 1 heterocycles. The van der Waals surface area contributed by atoms with Crippen LogP contribution < -0.4 is 10.1 Å². The lowest BCUT2D eigenvalue weighted by Gasteiger charge is -2.12. The molecule has 160 valence electrons. The highest BCUT2D eigenvalue weighted by Gasteiger charge is 2.36. The van der Waals surface area contributed by atoms with Crippen molar-refractivity contribution in [3.8, 4) is 5.75 Å². The Labute approximate surface area is 184 Å². The second-order valence-electron chi connectivity index (χ2n) is 6.20. The second kappa shape index (κ2) is 9.63. The van der Waals surface area contributed by atoms with E-state index in [0.29, 0.717) is 23.0 Å². The highest BCUT2D eigenvalue weighted by molar-refractivity contribution is 8.18. The predicted octanol–water partition coefficient (Wildman–Crippen LogP) is 3.62. The molecule has 1 fully saturated rings. The molecule has 2 N–H and O–H groups in total. The molecule has 2 aromatic carbocycles. The number of nitrogens with zero attached hydrogens (tertiary/aromatic N) is 1. The van der Waals surface area contributed by atoms with E-state index in [4.69, 9.17) is 21.4 Å². The van der Waals surface area contributed by atoms with E-state index in [1.54, 1.807) is 0 Å². The highest BCUT2D eigenvalue weighted by atomic mass is 35.5. The molecule has 8 nitrogen and oxygen atoms in total. The van der Waals surface area contributed by atoms with Gasteiger partial charge in [0, 0.05) is 5.69 Å². The van der Waals surface area contributed by atoms with Crippen LogP contribution in [-0.2, 0) is 14.4 Å². The van der Waals surface area contributed by atoms with Gasteiger partial charge in [0.15, 0.2) is 6.61 Å². The number of nitrogens with one attached hydrogen (secondary N) is 1. The first kappa shape index (κ1) is 22.3. The lowest BCUT2D eigenvalue weighted by atomic mass is 10.2. The smallest absolute Gasteiger partial charge is 0.341 e. The highest BCUT2D eigenvalue weighted by Crippen LogP contribution is 2.33. The maximum atomic E-state index is 12.9. The van der Waals surface area contributed by atoms with Gasteiger partial charge in [-0.05, 0) is 59.8 Å². The molecule has 0 saturated carbocycles. The van der Waals surface area contributed by atoms with Gasteiger partial charge in [0.05, 0.1) is 9.93 Å². The maximum absolute atomic E-state index is 12.9. The third-order valence-corrected chi connectivity index (χ3v) is 5.11. The monoisotopic (exact) mass is 464 g/mol. The fraction of sp³-hybridized carbons (Fsp3) is 0.100. The van der Waals surface area contributed by atoms with Gasteiger partial charge in [-0.1, -0.05) is 17.7 Å². The van der Waals surface area contributed by atoms with Crippen molar-refractivity contribution in [2.45, 2.75) is 0 Å². The number of hydrogen-bond donors (Lipinski definition) is 2. The summed E-state index contributed by atoms with van der Waals surface area (Å²) in [6, 6.07) is 9.48. The first-order chi connectivity index (χ1) is 14.7. The molecule has 0 aromatic heterocycles. The minimum Gasteiger partial charge on any atom is -0.480 e. The van der Waals surface area contributed by atoms with Gasteiger partial charge in [-0.3, -0.25) is 19.3 Å². The Kier molecular flexibility index (Phi) is 6.93. The summed E-state index contributed by atoms with van der Waals surface area (Å²) in [4.78, 5) is 48.3. The first-order valence-corrected chi connectivity index (χ1v) is 9.87. The van der Waals surface area contributed by atoms with Crippen LogP contribution in [0.15, 0.2) is 47.4 Å². The van der Waals surface area contributed by atoms with Crippen LogP contribution in [0.4, 0.5) is 14.9 Å². The van der Waals surface area contributed by atoms with Gasteiger partial charge in [0.2, 0.25) is 5.91 Å². The van der Waals surface area contributed by atoms with Crippen LogP contribution in [0.3, 0.4) is 0 Å². The quantitative estimate of drug-likeness (QED) is 0.601. The van der Waals surface area contributed by atoms with Crippen LogP contribution in [0.5, 0.6) is 5.75 Å². The lowest BCUT2D eigenvalue weighted by Crippen LogP contribution is -2.36. The van der Waals surface area contributed by atoms with Crippen molar-refractivity contribution in [2.75, 3.05) is 18.5 Å². The van der Waals surface area contributed by atoms with Crippen molar-refractivity contribution in [3.05, 3.63) is 63.8 Å². The fourth-order valence-electron chi connectivity index (χ4n) is 2.53. The Balaban J connectivity index is 1.67. The maximum Gasteiger partial charge on any atom is 0.341 e. The van der Waals surface area contributed by atoms with E-state index < -0.39 is 42.0 Å². The molecule has 1 aliphatic rings. The summed E-state index contributed by atoms with van der Waals surface area (Å²) in [7, 11) is 0. The molecule has 1 saturated heterocycles. The van der Waals surface area contributed by atoms with Crippen molar-refractivity contribution in [2.24, 2.45) is 0 Å². The predicted molar refractivity (Wildman–Crippen MR) is 112 cm³/mol. The van der Waals surface area contributed by atoms with E-state index in [0.717, 1.165) is 4.90 Å². The number of rotatable bonds is 7. The van der Waals surface area contributed by atoms with Crippen LogP contribution in [0.1, 0.15) is 5.56 Å². The summed E-state index contributed by atoms with van der Waals surface area (Å²) in [6.07, 6.45) is 1.43. The molecule has 3 rings (SSSR count). The van der Waals surface area contributed by atoms with Crippen LogP contribution in [0, 0.1) is 5.82 Å². The van der Waals surface area contributed by atoms with E-state index in [-0.39, 0.29) is 15.7 Å². The van der Waals surface area contributed by atoms with Gasteiger partial charge < -0.3 is 15.2 Å². The molecule has 2 aromatic rings. The molecular weight excluding hydrogens is 451 g/mol. The molecule has 0 radical (unpaired) electrons. The molecule has 1 aliphatic heterocycles. The third kappa shape index (κ3) is 5.83. The lowest BCUT2D eigenvalue weighted by molar-refractivity contribution is -0.139. The number of thioether (sulfide) groups is 1. The van der Waals surface area contributed by atoms with E-state index in [2.05, 4.69) is 5.32 Å². The van der Waals surface area contributed by atoms with Gasteiger partial charge in [0.25, 0.3) is 11.1 Å². The van der Waals surface area contributed by atoms with Crippen molar-refractivity contribution >= 4 is 58.1 Å². The number of aliphatic carboxylic acids is 1. The summed E-state index contributed by atoms with van der Waals surface area (Å²) in [6.45, 7) is -1.06. The third-order valence-electron chi connectivity index (χ3n) is 3.91. The molecule has 0 spiro atoms. The van der Waals surface area contributed by atoms with Crippen molar-refractivity contribution in [1.29, 1.82) is 0 Å². The van der Waals surface area contributed by atoms with E-state index in [1.165, 1.54) is 48.5 Å². The van der Waals surface area contributed by atoms with Crippen molar-refractivity contribution in [3.63, 3.8) is 0 Å². The molecule has 0 bridgehead atoms. The fourth-order valence-corrected chi connectivity index (χ4v) is 3.61. The number of imide groups is 1. The zero-order valence-corrected chi connectivity index (χ0v) is 17.2. The van der Waals surface area contributed by atoms with E-state index in [9.17, 15) is 23.6 Å². The SMILES string of the molecule is O=C(O)COc1ccc(/C=C2\SC(=O)N(CC(=O)Nc3ccc(F)cc3)C2=O)cc1Cl. The van der Waals surface area contributed by atoms with Crippen LogP contribution in [0.2, 0.25) is 5.02 Å². The Morgan fingerprint density at radius 3 is 2.55 bits per heavy atom. The minimum atomic E-state index is -1.16. The van der Waals surface area contributed by atoms with Gasteiger partial charge in [0.1, 0.15) is 18.1 Å². The second-order valence-corrected chi connectivity index (χ2v) is 7.60. The first-order valence-electron chi connectivity index (χ1n) is 8.68. The standard InChI is InChI=1S/C20H14ClFN2O6S/c21-14-7-11(1-6-15(14)30-10-18(26)27)8-16-19(28)24(20(29)31-16)9-17(25)23-13-4-2-12(22)3-5-13/h1-8H,9-10H2,(H,23,25)(H,26,27)/b16-8-. The summed E-state index contributed by atoms with van der Waals surface area (Å²) < 4.78 is 18.0. The number of anilines is 1. The molecule has 0 unspecified atom stereocenters. The summed E-state index contributed by atoms with van der Waals surface area (Å²) in [5.41, 5.74) is 0.808. The number of carboxylic acid groups (broad SMARTS) is 1.